The maximum absolute atomic E-state index is 11.7. The van der Waals surface area contributed by atoms with Crippen LogP contribution in [0.25, 0.3) is 10.9 Å². The van der Waals surface area contributed by atoms with Gasteiger partial charge in [-0.3, -0.25) is 4.79 Å². The number of carbonyl (C=O) groups excluding carboxylic acids is 1. The van der Waals surface area contributed by atoms with Crippen molar-refractivity contribution in [3.63, 3.8) is 0 Å². The van der Waals surface area contributed by atoms with E-state index in [-0.39, 0.29) is 0 Å². The van der Waals surface area contributed by atoms with E-state index in [4.69, 9.17) is 0 Å². The quantitative estimate of drug-likeness (QED) is 0.912. The summed E-state index contributed by atoms with van der Waals surface area (Å²) in [4.78, 5) is 17.1. The lowest BCUT2D eigenvalue weighted by atomic mass is 9.90. The van der Waals surface area contributed by atoms with E-state index < -0.39 is 0 Å². The van der Waals surface area contributed by atoms with Crippen molar-refractivity contribution < 1.29 is 4.79 Å². The van der Waals surface area contributed by atoms with Crippen LogP contribution in [0.3, 0.4) is 0 Å². The molecule has 3 heteroatoms. The number of rotatable bonds is 3. The number of piperidine rings is 1. The van der Waals surface area contributed by atoms with E-state index >= 15 is 0 Å². The van der Waals surface area contributed by atoms with E-state index in [2.05, 4.69) is 35.4 Å². The lowest BCUT2D eigenvalue weighted by Gasteiger charge is -2.31. The number of carbonyl (C=O) groups is 1. The summed E-state index contributed by atoms with van der Waals surface area (Å²) in [7, 11) is 0. The van der Waals surface area contributed by atoms with Crippen molar-refractivity contribution in [1.29, 1.82) is 0 Å². The average molecular weight is 270 g/mol. The molecule has 1 aromatic carbocycles. The fourth-order valence-electron chi connectivity index (χ4n) is 3.22. The molecule has 0 spiro atoms. The third-order valence-electron chi connectivity index (χ3n) is 4.45. The molecule has 1 aliphatic heterocycles. The second kappa shape index (κ2) is 5.70. The number of amides is 1. The maximum Gasteiger partial charge on any atom is 0.222 e. The molecule has 2 heterocycles. The number of para-hydroxylation sites is 1. The van der Waals surface area contributed by atoms with Crippen LogP contribution in [0.5, 0.6) is 0 Å². The lowest BCUT2D eigenvalue weighted by molar-refractivity contribution is -0.132. The largest absolute Gasteiger partial charge is 0.361 e. The number of nitrogens with one attached hydrogen (secondary N) is 1. The first-order chi connectivity index (χ1) is 9.78. The molecular formula is C17H22N2O. The van der Waals surface area contributed by atoms with Gasteiger partial charge in [-0.05, 0) is 36.8 Å². The van der Waals surface area contributed by atoms with Gasteiger partial charge in [-0.1, -0.05) is 25.1 Å². The fourth-order valence-corrected chi connectivity index (χ4v) is 3.22. The minimum absolute atomic E-state index is 0.301. The van der Waals surface area contributed by atoms with Crippen LogP contribution in [0.2, 0.25) is 0 Å². The number of hydrogen-bond donors (Lipinski definition) is 1. The Kier molecular flexibility index (Phi) is 3.77. The average Bonchev–Trinajstić information content (AvgIpc) is 2.91. The zero-order valence-electron chi connectivity index (χ0n) is 12.1. The summed E-state index contributed by atoms with van der Waals surface area (Å²) in [6.45, 7) is 3.81. The minimum atomic E-state index is 0.301. The maximum atomic E-state index is 11.7. The number of fused-ring (bicyclic) bond motifs is 1. The first kappa shape index (κ1) is 13.2. The fraction of sp³-hybridized carbons (Fsp3) is 0.471. The van der Waals surface area contributed by atoms with Gasteiger partial charge in [0.1, 0.15) is 0 Å². The van der Waals surface area contributed by atoms with E-state index in [1.54, 1.807) is 0 Å². The Morgan fingerprint density at radius 1 is 1.30 bits per heavy atom. The highest BCUT2D eigenvalue weighted by Crippen LogP contribution is 2.26. The topological polar surface area (TPSA) is 36.1 Å². The molecule has 1 aliphatic rings. The summed E-state index contributed by atoms with van der Waals surface area (Å²) in [6, 6.07) is 8.48. The second-order valence-corrected chi connectivity index (χ2v) is 5.74. The number of aromatic amines is 1. The number of H-pyrrole nitrogens is 1. The van der Waals surface area contributed by atoms with Gasteiger partial charge in [-0.25, -0.2) is 0 Å². The van der Waals surface area contributed by atoms with Gasteiger partial charge < -0.3 is 9.88 Å². The van der Waals surface area contributed by atoms with E-state index in [1.165, 1.54) is 16.5 Å². The van der Waals surface area contributed by atoms with Gasteiger partial charge in [0.15, 0.2) is 0 Å². The predicted octanol–water partition coefficient (Wildman–Crippen LogP) is 3.36. The molecule has 1 fully saturated rings. The zero-order chi connectivity index (χ0) is 13.9. The Hall–Kier alpha value is -1.77. The van der Waals surface area contributed by atoms with Crippen molar-refractivity contribution in [2.24, 2.45) is 5.92 Å². The Morgan fingerprint density at radius 2 is 2.05 bits per heavy atom. The van der Waals surface area contributed by atoms with Crippen LogP contribution in [0.1, 0.15) is 31.7 Å². The third kappa shape index (κ3) is 2.58. The number of nitrogens with zero attached hydrogens (tertiary/aromatic N) is 1. The highest BCUT2D eigenvalue weighted by Gasteiger charge is 2.22. The number of likely N-dealkylation sites (tertiary alicyclic amines) is 1. The molecule has 20 heavy (non-hydrogen) atoms. The van der Waals surface area contributed by atoms with Crippen LogP contribution in [0.4, 0.5) is 0 Å². The Bertz CT molecular complexity index is 594. The minimum Gasteiger partial charge on any atom is -0.361 e. The predicted molar refractivity (Wildman–Crippen MR) is 81.6 cm³/mol. The Balaban J connectivity index is 1.64. The van der Waals surface area contributed by atoms with Gasteiger partial charge >= 0.3 is 0 Å². The van der Waals surface area contributed by atoms with Crippen LogP contribution < -0.4 is 0 Å². The monoisotopic (exact) mass is 270 g/mol. The molecule has 3 nitrogen and oxygen atoms in total. The summed E-state index contributed by atoms with van der Waals surface area (Å²) in [6.07, 6.45) is 6.16. The van der Waals surface area contributed by atoms with Crippen molar-refractivity contribution in [3.05, 3.63) is 36.0 Å². The highest BCUT2D eigenvalue weighted by molar-refractivity contribution is 5.83. The normalized spacial score (nSPS) is 16.8. The van der Waals surface area contributed by atoms with Crippen molar-refractivity contribution >= 4 is 16.8 Å². The summed E-state index contributed by atoms with van der Waals surface area (Å²) in [5.41, 5.74) is 2.64. The molecule has 3 rings (SSSR count). The summed E-state index contributed by atoms with van der Waals surface area (Å²) < 4.78 is 0. The summed E-state index contributed by atoms with van der Waals surface area (Å²) >= 11 is 0. The number of benzene rings is 1. The first-order valence-electron chi connectivity index (χ1n) is 7.60. The number of hydrogen-bond acceptors (Lipinski definition) is 1. The van der Waals surface area contributed by atoms with Gasteiger partial charge in [-0.15, -0.1) is 0 Å². The molecule has 0 unspecified atom stereocenters. The molecule has 106 valence electrons. The van der Waals surface area contributed by atoms with Gasteiger partial charge in [0.2, 0.25) is 5.91 Å². The van der Waals surface area contributed by atoms with E-state index in [0.717, 1.165) is 32.4 Å². The molecule has 0 saturated carbocycles. The second-order valence-electron chi connectivity index (χ2n) is 5.74. The lowest BCUT2D eigenvalue weighted by Crippen LogP contribution is -2.38. The van der Waals surface area contributed by atoms with Crippen LogP contribution in [0, 0.1) is 5.92 Å². The SMILES string of the molecule is CCC(=O)N1CCC(Cc2c[nH]c3ccccc23)CC1. The van der Waals surface area contributed by atoms with Crippen molar-refractivity contribution in [1.82, 2.24) is 9.88 Å². The molecule has 0 aliphatic carbocycles. The molecule has 2 aromatic rings. The summed E-state index contributed by atoms with van der Waals surface area (Å²) in [5.74, 6) is 1.01. The van der Waals surface area contributed by atoms with Crippen LogP contribution >= 0.6 is 0 Å². The smallest absolute Gasteiger partial charge is 0.222 e. The Labute approximate surface area is 120 Å². The van der Waals surface area contributed by atoms with Crippen molar-refractivity contribution in [3.8, 4) is 0 Å². The standard InChI is InChI=1S/C17H22N2O/c1-2-17(20)19-9-7-13(8-10-19)11-14-12-18-16-6-4-3-5-15(14)16/h3-6,12-13,18H,2,7-11H2,1H3. The van der Waals surface area contributed by atoms with Crippen LogP contribution in [-0.2, 0) is 11.2 Å². The molecule has 1 aromatic heterocycles. The molecular weight excluding hydrogens is 248 g/mol. The first-order valence-corrected chi connectivity index (χ1v) is 7.60. The molecule has 1 amide bonds. The van der Waals surface area contributed by atoms with Crippen LogP contribution in [0.15, 0.2) is 30.5 Å². The molecule has 0 radical (unpaired) electrons. The van der Waals surface area contributed by atoms with Crippen LogP contribution in [-0.4, -0.2) is 28.9 Å². The van der Waals surface area contributed by atoms with Crippen molar-refractivity contribution in [2.75, 3.05) is 13.1 Å². The zero-order valence-corrected chi connectivity index (χ0v) is 12.1. The Morgan fingerprint density at radius 3 is 2.80 bits per heavy atom. The van der Waals surface area contributed by atoms with E-state index in [1.807, 2.05) is 11.8 Å². The summed E-state index contributed by atoms with van der Waals surface area (Å²) in [5, 5.41) is 1.35. The molecule has 0 bridgehead atoms. The van der Waals surface area contributed by atoms with Gasteiger partial charge in [0.05, 0.1) is 0 Å². The van der Waals surface area contributed by atoms with Crippen molar-refractivity contribution in [2.45, 2.75) is 32.6 Å². The van der Waals surface area contributed by atoms with E-state index in [9.17, 15) is 4.79 Å². The molecule has 1 N–H and O–H groups in total. The highest BCUT2D eigenvalue weighted by atomic mass is 16.2. The number of aromatic nitrogens is 1. The third-order valence-corrected chi connectivity index (χ3v) is 4.45. The van der Waals surface area contributed by atoms with Gasteiger partial charge in [0, 0.05) is 36.6 Å². The molecule has 1 saturated heterocycles. The van der Waals surface area contributed by atoms with Gasteiger partial charge in [-0.2, -0.15) is 0 Å². The van der Waals surface area contributed by atoms with Gasteiger partial charge in [0.25, 0.3) is 0 Å². The van der Waals surface area contributed by atoms with E-state index in [0.29, 0.717) is 18.2 Å². The molecule has 0 atom stereocenters.